The number of hydrogen-bond donors (Lipinski definition) is 0. The maximum atomic E-state index is 13.6. The van der Waals surface area contributed by atoms with Gasteiger partial charge in [0.05, 0.1) is 23.7 Å². The van der Waals surface area contributed by atoms with Gasteiger partial charge in [-0.3, -0.25) is 0 Å². The van der Waals surface area contributed by atoms with E-state index in [1.54, 1.807) is 6.92 Å². The maximum absolute atomic E-state index is 13.6. The fourth-order valence-electron chi connectivity index (χ4n) is 1.91. The highest BCUT2D eigenvalue weighted by molar-refractivity contribution is 6.11. The molecule has 6 nitrogen and oxygen atoms in total. The van der Waals surface area contributed by atoms with Crippen LogP contribution in [0.5, 0.6) is 5.75 Å². The number of carbonyl (C=O) groups is 2. The first kappa shape index (κ1) is 14.8. The van der Waals surface area contributed by atoms with Crippen LogP contribution in [0.4, 0.5) is 14.5 Å². The molecule has 0 N–H and O–H groups in total. The maximum Gasteiger partial charge on any atom is 0.202 e. The minimum absolute atomic E-state index is 0.00708. The normalized spacial score (nSPS) is 16.7. The Balaban J connectivity index is 2.56. The number of hydrogen-bond acceptors (Lipinski definition) is 6. The first-order valence-corrected chi connectivity index (χ1v) is 5.86. The summed E-state index contributed by atoms with van der Waals surface area (Å²) in [7, 11) is 0. The number of carboxylic acid groups (broad SMARTS) is 2. The monoisotopic (exact) mass is 297 g/mol. The van der Waals surface area contributed by atoms with E-state index in [0.29, 0.717) is 0 Å². The third kappa shape index (κ3) is 2.64. The van der Waals surface area contributed by atoms with Gasteiger partial charge in [0, 0.05) is 11.8 Å². The SMILES string of the molecule is CC1COc2c(ccc(F)c2F)N1C=C(C(=O)[O-])C(=O)[O-]. The predicted molar refractivity (Wildman–Crippen MR) is 61.9 cm³/mol. The fourth-order valence-corrected chi connectivity index (χ4v) is 1.91. The third-order valence-corrected chi connectivity index (χ3v) is 2.96. The van der Waals surface area contributed by atoms with Gasteiger partial charge < -0.3 is 29.4 Å². The predicted octanol–water partition coefficient (Wildman–Crippen LogP) is -1.06. The number of fused-ring (bicyclic) bond motifs is 1. The number of nitrogens with zero attached hydrogens (tertiary/aromatic N) is 1. The minimum atomic E-state index is -1.95. The largest absolute Gasteiger partial charge is 0.545 e. The highest BCUT2D eigenvalue weighted by Crippen LogP contribution is 2.37. The Morgan fingerprint density at radius 1 is 1.33 bits per heavy atom. The van der Waals surface area contributed by atoms with Gasteiger partial charge in [-0.1, -0.05) is 0 Å². The Morgan fingerprint density at radius 3 is 2.52 bits per heavy atom. The van der Waals surface area contributed by atoms with Gasteiger partial charge in [0.15, 0.2) is 11.6 Å². The molecule has 0 amide bonds. The van der Waals surface area contributed by atoms with Crippen LogP contribution in [-0.2, 0) is 9.59 Å². The standard InChI is InChI=1S/C13H11F2NO5/c1-6-5-21-11-9(3-2-8(14)10(11)15)16(6)4-7(12(17)18)13(19)20/h2-4,6H,5H2,1H3,(H,17,18)(H,19,20)/p-2. The number of carbonyl (C=O) groups excluding carboxylic acids is 2. The molecule has 112 valence electrons. The zero-order valence-corrected chi connectivity index (χ0v) is 10.8. The van der Waals surface area contributed by atoms with Crippen molar-refractivity contribution in [3.8, 4) is 5.75 Å². The number of ether oxygens (including phenoxy) is 1. The summed E-state index contributed by atoms with van der Waals surface area (Å²) in [6.07, 6.45) is 0.744. The van der Waals surface area contributed by atoms with Crippen molar-refractivity contribution in [1.82, 2.24) is 0 Å². The molecular formula is C13H9F2NO5-2. The van der Waals surface area contributed by atoms with E-state index in [-0.39, 0.29) is 12.3 Å². The molecule has 2 rings (SSSR count). The fraction of sp³-hybridized carbons (Fsp3) is 0.231. The van der Waals surface area contributed by atoms with Gasteiger partial charge >= 0.3 is 0 Å². The molecule has 1 heterocycles. The van der Waals surface area contributed by atoms with E-state index in [0.717, 1.165) is 23.2 Å². The van der Waals surface area contributed by atoms with Crippen LogP contribution in [0, 0.1) is 11.6 Å². The molecule has 8 heteroatoms. The van der Waals surface area contributed by atoms with Crippen molar-refractivity contribution in [1.29, 1.82) is 0 Å². The Kier molecular flexibility index (Phi) is 3.79. The minimum Gasteiger partial charge on any atom is -0.545 e. The molecule has 1 aliphatic heterocycles. The molecule has 1 unspecified atom stereocenters. The van der Waals surface area contributed by atoms with Crippen LogP contribution in [0.1, 0.15) is 6.92 Å². The van der Waals surface area contributed by atoms with Gasteiger partial charge in [0.2, 0.25) is 5.82 Å². The molecule has 0 aromatic heterocycles. The molecule has 0 aliphatic carbocycles. The Morgan fingerprint density at radius 2 is 1.95 bits per heavy atom. The first-order chi connectivity index (χ1) is 9.82. The van der Waals surface area contributed by atoms with E-state index < -0.39 is 40.9 Å². The number of carboxylic acids is 2. The zero-order chi connectivity index (χ0) is 15.7. The second-order valence-electron chi connectivity index (χ2n) is 4.39. The van der Waals surface area contributed by atoms with Crippen molar-refractivity contribution in [2.24, 2.45) is 0 Å². The van der Waals surface area contributed by atoms with E-state index >= 15 is 0 Å². The summed E-state index contributed by atoms with van der Waals surface area (Å²) >= 11 is 0. The van der Waals surface area contributed by atoms with Crippen molar-refractivity contribution in [3.05, 3.63) is 35.5 Å². The molecule has 0 bridgehead atoms. The van der Waals surface area contributed by atoms with Gasteiger partial charge in [0.1, 0.15) is 6.61 Å². The van der Waals surface area contributed by atoms with E-state index in [9.17, 15) is 28.6 Å². The summed E-state index contributed by atoms with van der Waals surface area (Å²) in [5, 5.41) is 21.5. The summed E-state index contributed by atoms with van der Waals surface area (Å²) in [6.45, 7) is 1.50. The molecule has 1 atom stereocenters. The molecule has 1 aromatic carbocycles. The van der Waals surface area contributed by atoms with Gasteiger partial charge in [0.25, 0.3) is 0 Å². The second-order valence-corrected chi connectivity index (χ2v) is 4.39. The van der Waals surface area contributed by atoms with Crippen LogP contribution in [-0.4, -0.2) is 24.6 Å². The van der Waals surface area contributed by atoms with Crippen molar-refractivity contribution in [2.45, 2.75) is 13.0 Å². The van der Waals surface area contributed by atoms with Gasteiger partial charge in [-0.25, -0.2) is 4.39 Å². The van der Waals surface area contributed by atoms with E-state index in [1.165, 1.54) is 0 Å². The molecule has 0 saturated heterocycles. The lowest BCUT2D eigenvalue weighted by Gasteiger charge is -2.35. The number of rotatable bonds is 3. The van der Waals surface area contributed by atoms with Crippen LogP contribution in [0.2, 0.25) is 0 Å². The lowest BCUT2D eigenvalue weighted by atomic mass is 10.1. The van der Waals surface area contributed by atoms with Crippen molar-refractivity contribution < 1.29 is 33.3 Å². The Hall–Kier alpha value is -2.64. The van der Waals surface area contributed by atoms with Crippen LogP contribution >= 0.6 is 0 Å². The Labute approximate surface area is 117 Å². The lowest BCUT2D eigenvalue weighted by Crippen LogP contribution is -2.42. The van der Waals surface area contributed by atoms with Gasteiger partial charge in [-0.05, 0) is 19.1 Å². The van der Waals surface area contributed by atoms with E-state index in [2.05, 4.69) is 0 Å². The van der Waals surface area contributed by atoms with E-state index in [1.807, 2.05) is 0 Å². The molecule has 21 heavy (non-hydrogen) atoms. The first-order valence-electron chi connectivity index (χ1n) is 5.86. The van der Waals surface area contributed by atoms with Crippen LogP contribution in [0.3, 0.4) is 0 Å². The number of benzene rings is 1. The molecule has 0 fully saturated rings. The van der Waals surface area contributed by atoms with Crippen LogP contribution < -0.4 is 19.8 Å². The Bertz CT molecular complexity index is 628. The highest BCUT2D eigenvalue weighted by Gasteiger charge is 2.27. The van der Waals surface area contributed by atoms with Gasteiger partial charge in [-0.15, -0.1) is 0 Å². The van der Waals surface area contributed by atoms with Gasteiger partial charge in [-0.2, -0.15) is 4.39 Å². The van der Waals surface area contributed by atoms with E-state index in [4.69, 9.17) is 4.74 Å². The average molecular weight is 297 g/mol. The number of aliphatic carboxylic acids is 2. The zero-order valence-electron chi connectivity index (χ0n) is 10.8. The molecule has 1 aliphatic rings. The topological polar surface area (TPSA) is 92.7 Å². The number of halogens is 2. The molecule has 1 aromatic rings. The molecule has 0 radical (unpaired) electrons. The number of anilines is 1. The lowest BCUT2D eigenvalue weighted by molar-refractivity contribution is -0.312. The average Bonchev–Trinajstić information content (AvgIpc) is 2.40. The summed E-state index contributed by atoms with van der Waals surface area (Å²) in [6, 6.07) is 1.48. The van der Waals surface area contributed by atoms with Crippen molar-refractivity contribution in [2.75, 3.05) is 11.5 Å². The highest BCUT2D eigenvalue weighted by atomic mass is 19.2. The molecule has 0 saturated carbocycles. The van der Waals surface area contributed by atoms with Crippen molar-refractivity contribution in [3.63, 3.8) is 0 Å². The molecular weight excluding hydrogens is 288 g/mol. The second kappa shape index (κ2) is 5.39. The molecule has 0 spiro atoms. The third-order valence-electron chi connectivity index (χ3n) is 2.96. The van der Waals surface area contributed by atoms with Crippen molar-refractivity contribution >= 4 is 17.6 Å². The van der Waals surface area contributed by atoms with Crippen LogP contribution in [0.25, 0.3) is 0 Å². The summed E-state index contributed by atoms with van der Waals surface area (Å²) in [5.41, 5.74) is -1.10. The van der Waals surface area contributed by atoms with Crippen LogP contribution in [0.15, 0.2) is 23.9 Å². The summed E-state index contributed by atoms with van der Waals surface area (Å²) in [4.78, 5) is 22.7. The quantitative estimate of drug-likeness (QED) is 0.401. The smallest absolute Gasteiger partial charge is 0.202 e. The summed E-state index contributed by atoms with van der Waals surface area (Å²) in [5.74, 6) is -6.68. The summed E-state index contributed by atoms with van der Waals surface area (Å²) < 4.78 is 31.9.